The lowest BCUT2D eigenvalue weighted by atomic mass is 10.2. The Balaban J connectivity index is 1.97. The molecular formula is C15H11F2N3O3S. The third-order valence-electron chi connectivity index (χ3n) is 3.10. The van der Waals surface area contributed by atoms with Crippen molar-refractivity contribution in [3.63, 3.8) is 0 Å². The smallest absolute Gasteiger partial charge is 0.262 e. The Labute approximate surface area is 136 Å². The monoisotopic (exact) mass is 351 g/mol. The van der Waals surface area contributed by atoms with E-state index in [-0.39, 0.29) is 10.7 Å². The van der Waals surface area contributed by atoms with Crippen molar-refractivity contribution < 1.29 is 21.7 Å². The van der Waals surface area contributed by atoms with Gasteiger partial charge in [0.1, 0.15) is 11.6 Å². The highest BCUT2D eigenvalue weighted by Gasteiger charge is 2.18. The third-order valence-corrected chi connectivity index (χ3v) is 4.47. The first-order valence-corrected chi connectivity index (χ1v) is 8.22. The first-order chi connectivity index (χ1) is 11.3. The van der Waals surface area contributed by atoms with Crippen LogP contribution in [0.5, 0.6) is 0 Å². The zero-order valence-corrected chi connectivity index (χ0v) is 13.1. The molecule has 1 N–H and O–H groups in total. The molecule has 0 unspecified atom stereocenters. The molecule has 1 heterocycles. The second kappa shape index (κ2) is 6.00. The molecule has 0 spiro atoms. The first-order valence-electron chi connectivity index (χ1n) is 6.74. The van der Waals surface area contributed by atoms with E-state index in [1.54, 1.807) is 13.0 Å². The van der Waals surface area contributed by atoms with Gasteiger partial charge in [0.25, 0.3) is 10.0 Å². The van der Waals surface area contributed by atoms with Crippen LogP contribution in [0.2, 0.25) is 0 Å². The number of rotatable bonds is 4. The van der Waals surface area contributed by atoms with Gasteiger partial charge in [0.05, 0.1) is 10.6 Å². The molecule has 3 aromatic rings. The van der Waals surface area contributed by atoms with Gasteiger partial charge < -0.3 is 4.52 Å². The molecule has 0 aliphatic heterocycles. The highest BCUT2D eigenvalue weighted by molar-refractivity contribution is 7.92. The van der Waals surface area contributed by atoms with E-state index in [0.29, 0.717) is 11.5 Å². The maximum Gasteiger partial charge on any atom is 0.262 e. The van der Waals surface area contributed by atoms with Crippen LogP contribution < -0.4 is 4.72 Å². The fraction of sp³-hybridized carbons (Fsp3) is 0.0667. The number of anilines is 1. The van der Waals surface area contributed by atoms with Gasteiger partial charge in [0.2, 0.25) is 11.7 Å². The second-order valence-corrected chi connectivity index (χ2v) is 6.58. The van der Waals surface area contributed by atoms with Crippen LogP contribution in [-0.2, 0) is 10.0 Å². The number of benzene rings is 2. The number of nitrogens with one attached hydrogen (secondary N) is 1. The Bertz CT molecular complexity index is 1000. The quantitative estimate of drug-likeness (QED) is 0.781. The summed E-state index contributed by atoms with van der Waals surface area (Å²) in [5, 5.41) is 3.71. The van der Waals surface area contributed by atoms with Crippen molar-refractivity contribution in [2.75, 3.05) is 4.72 Å². The third kappa shape index (κ3) is 3.25. The van der Waals surface area contributed by atoms with Gasteiger partial charge in [-0.2, -0.15) is 4.98 Å². The molecule has 0 radical (unpaired) electrons. The zero-order valence-electron chi connectivity index (χ0n) is 12.3. The molecule has 0 saturated carbocycles. The van der Waals surface area contributed by atoms with Crippen LogP contribution >= 0.6 is 0 Å². The van der Waals surface area contributed by atoms with Crippen molar-refractivity contribution in [3.8, 4) is 11.4 Å². The largest absolute Gasteiger partial charge is 0.339 e. The second-order valence-electron chi connectivity index (χ2n) is 4.89. The molecule has 9 heteroatoms. The van der Waals surface area contributed by atoms with E-state index in [4.69, 9.17) is 4.52 Å². The number of hydrogen-bond acceptors (Lipinski definition) is 5. The molecule has 3 rings (SSSR count). The summed E-state index contributed by atoms with van der Waals surface area (Å²) in [7, 11) is -4.12. The first kappa shape index (κ1) is 16.1. The highest BCUT2D eigenvalue weighted by atomic mass is 32.2. The Kier molecular flexibility index (Phi) is 4.02. The lowest BCUT2D eigenvalue weighted by Gasteiger charge is -2.09. The summed E-state index contributed by atoms with van der Waals surface area (Å²) in [4.78, 5) is 3.86. The molecule has 0 bridgehead atoms. The molecule has 2 aromatic carbocycles. The molecule has 0 aliphatic rings. The predicted molar refractivity (Wildman–Crippen MR) is 81.6 cm³/mol. The summed E-state index contributed by atoms with van der Waals surface area (Å²) in [5.74, 6) is -1.09. The van der Waals surface area contributed by atoms with Crippen molar-refractivity contribution in [1.29, 1.82) is 0 Å². The van der Waals surface area contributed by atoms with Crippen LogP contribution in [0.25, 0.3) is 11.4 Å². The predicted octanol–water partition coefficient (Wildman–Crippen LogP) is 3.12. The van der Waals surface area contributed by atoms with Gasteiger partial charge in [-0.05, 0) is 24.3 Å². The van der Waals surface area contributed by atoms with E-state index < -0.39 is 27.3 Å². The number of halogens is 2. The van der Waals surface area contributed by atoms with E-state index in [1.807, 2.05) is 4.72 Å². The number of sulfonamides is 1. The van der Waals surface area contributed by atoms with E-state index in [9.17, 15) is 17.2 Å². The average molecular weight is 351 g/mol. The van der Waals surface area contributed by atoms with Crippen LogP contribution in [0.15, 0.2) is 51.9 Å². The fourth-order valence-corrected chi connectivity index (χ4v) is 3.10. The van der Waals surface area contributed by atoms with Crippen LogP contribution in [0, 0.1) is 18.6 Å². The molecule has 0 aliphatic carbocycles. The fourth-order valence-electron chi connectivity index (χ4n) is 2.00. The standard InChI is InChI=1S/C15H11F2N3O3S/c1-9-18-15(19-23-9)10-3-2-4-12(7-10)24(21,22)20-14-8-11(16)5-6-13(14)17/h2-8,20H,1H3. The van der Waals surface area contributed by atoms with Gasteiger partial charge in [-0.15, -0.1) is 0 Å². The van der Waals surface area contributed by atoms with Crippen LogP contribution in [0.3, 0.4) is 0 Å². The molecule has 0 saturated heterocycles. The van der Waals surface area contributed by atoms with Crippen molar-refractivity contribution in [2.45, 2.75) is 11.8 Å². The number of nitrogens with zero attached hydrogens (tertiary/aromatic N) is 2. The molecule has 24 heavy (non-hydrogen) atoms. The van der Waals surface area contributed by atoms with Crippen LogP contribution in [-0.4, -0.2) is 18.6 Å². The lowest BCUT2D eigenvalue weighted by Crippen LogP contribution is -2.14. The Morgan fingerprint density at radius 3 is 2.62 bits per heavy atom. The van der Waals surface area contributed by atoms with E-state index in [1.165, 1.54) is 18.2 Å². The highest BCUT2D eigenvalue weighted by Crippen LogP contribution is 2.23. The van der Waals surface area contributed by atoms with E-state index in [2.05, 4.69) is 10.1 Å². The van der Waals surface area contributed by atoms with Gasteiger partial charge in [-0.1, -0.05) is 17.3 Å². The molecule has 0 fully saturated rings. The summed E-state index contributed by atoms with van der Waals surface area (Å²) in [6.45, 7) is 1.60. The molecule has 124 valence electrons. The SMILES string of the molecule is Cc1nc(-c2cccc(S(=O)(=O)Nc3cc(F)ccc3F)c2)no1. The molecule has 0 amide bonds. The molecule has 1 aromatic heterocycles. The van der Waals surface area contributed by atoms with E-state index >= 15 is 0 Å². The van der Waals surface area contributed by atoms with Gasteiger partial charge in [0, 0.05) is 18.6 Å². The summed E-state index contributed by atoms with van der Waals surface area (Å²) in [6, 6.07) is 8.21. The van der Waals surface area contributed by atoms with Gasteiger partial charge in [0.15, 0.2) is 0 Å². The van der Waals surface area contributed by atoms with Crippen molar-refractivity contribution in [3.05, 3.63) is 60.0 Å². The summed E-state index contributed by atoms with van der Waals surface area (Å²) >= 11 is 0. The average Bonchev–Trinajstić information content (AvgIpc) is 2.97. The minimum atomic E-state index is -4.12. The lowest BCUT2D eigenvalue weighted by molar-refractivity contribution is 0.394. The molecule has 0 atom stereocenters. The number of hydrogen-bond donors (Lipinski definition) is 1. The summed E-state index contributed by atoms with van der Waals surface area (Å²) in [5.41, 5.74) is -0.0646. The topological polar surface area (TPSA) is 85.1 Å². The molecular weight excluding hydrogens is 340 g/mol. The summed E-state index contributed by atoms with van der Waals surface area (Å²) in [6.07, 6.45) is 0. The Morgan fingerprint density at radius 2 is 1.92 bits per heavy atom. The van der Waals surface area contributed by atoms with Gasteiger partial charge in [-0.3, -0.25) is 4.72 Å². The zero-order chi connectivity index (χ0) is 17.3. The number of aromatic nitrogens is 2. The normalized spacial score (nSPS) is 11.5. The van der Waals surface area contributed by atoms with E-state index in [0.717, 1.165) is 18.2 Å². The Hall–Kier alpha value is -2.81. The van der Waals surface area contributed by atoms with Crippen molar-refractivity contribution >= 4 is 15.7 Å². The van der Waals surface area contributed by atoms with Crippen molar-refractivity contribution in [2.24, 2.45) is 0 Å². The minimum Gasteiger partial charge on any atom is -0.339 e. The molecule has 6 nitrogen and oxygen atoms in total. The van der Waals surface area contributed by atoms with Crippen LogP contribution in [0.4, 0.5) is 14.5 Å². The maximum atomic E-state index is 13.6. The maximum absolute atomic E-state index is 13.6. The summed E-state index contributed by atoms with van der Waals surface area (Å²) < 4.78 is 58.5. The minimum absolute atomic E-state index is 0.147. The van der Waals surface area contributed by atoms with Gasteiger partial charge >= 0.3 is 0 Å². The van der Waals surface area contributed by atoms with Crippen LogP contribution in [0.1, 0.15) is 5.89 Å². The Morgan fingerprint density at radius 1 is 1.12 bits per heavy atom. The van der Waals surface area contributed by atoms with Gasteiger partial charge in [-0.25, -0.2) is 17.2 Å². The number of aryl methyl sites for hydroxylation is 1. The van der Waals surface area contributed by atoms with Crippen molar-refractivity contribution in [1.82, 2.24) is 10.1 Å².